The summed E-state index contributed by atoms with van der Waals surface area (Å²) in [5.74, 6) is -0.321. The Bertz CT molecular complexity index is 1410. The predicted octanol–water partition coefficient (Wildman–Crippen LogP) is 5.94. The fraction of sp³-hybridized carbons (Fsp3) is 0.394. The maximum atomic E-state index is 13.9. The number of hydrogen-bond donors (Lipinski definition) is 1. The smallest absolute Gasteiger partial charge is 0.243 e. The van der Waals surface area contributed by atoms with Gasteiger partial charge in [-0.2, -0.15) is 0 Å². The van der Waals surface area contributed by atoms with Crippen LogP contribution in [-0.4, -0.2) is 55.1 Å². The van der Waals surface area contributed by atoms with Gasteiger partial charge in [0.1, 0.15) is 6.04 Å². The van der Waals surface area contributed by atoms with Crippen molar-refractivity contribution in [3.63, 3.8) is 0 Å². The van der Waals surface area contributed by atoms with Crippen LogP contribution in [0.5, 0.6) is 0 Å². The van der Waals surface area contributed by atoms with Gasteiger partial charge in [-0.3, -0.25) is 9.59 Å². The number of nitrogens with zero attached hydrogens (tertiary/aromatic N) is 2. The van der Waals surface area contributed by atoms with E-state index in [9.17, 15) is 18.0 Å². The first-order valence-electron chi connectivity index (χ1n) is 14.6. The minimum atomic E-state index is -3.66. The lowest BCUT2D eigenvalue weighted by molar-refractivity contribution is -0.141. The maximum Gasteiger partial charge on any atom is 0.243 e. The lowest BCUT2D eigenvalue weighted by atomic mass is 9.94. The van der Waals surface area contributed by atoms with Gasteiger partial charge >= 0.3 is 0 Å². The van der Waals surface area contributed by atoms with Crippen LogP contribution in [0.15, 0.2) is 94.3 Å². The Balaban J connectivity index is 1.54. The number of nitrogens with one attached hydrogen (secondary N) is 1. The standard InChI is InChI=1S/C33H40BrN3O4S/c1-36(42(40,41)30-19-9-4-10-20-30)22-12-21-32(38)37(25-27-15-11-16-28(34)23-27)31(24-26-13-5-2-6-14-26)33(39)35-29-17-7-3-8-18-29/h2,4-6,9-11,13-16,19-20,23,29,31H,3,7-8,12,17-18,21-22,24-25H2,1H3,(H,35,39)/t31-/m1/s1. The van der Waals surface area contributed by atoms with Crippen molar-refractivity contribution in [1.29, 1.82) is 0 Å². The Hall–Kier alpha value is -3.01. The van der Waals surface area contributed by atoms with Gasteiger partial charge in [0.25, 0.3) is 0 Å². The molecule has 0 bridgehead atoms. The van der Waals surface area contributed by atoms with Crippen molar-refractivity contribution in [1.82, 2.24) is 14.5 Å². The molecule has 0 unspecified atom stereocenters. The minimum Gasteiger partial charge on any atom is -0.352 e. The van der Waals surface area contributed by atoms with Crippen molar-refractivity contribution in [3.8, 4) is 0 Å². The average molecular weight is 655 g/mol. The van der Waals surface area contributed by atoms with Gasteiger partial charge in [-0.1, -0.05) is 95.9 Å². The van der Waals surface area contributed by atoms with Gasteiger partial charge in [-0.15, -0.1) is 0 Å². The second-order valence-corrected chi connectivity index (χ2v) is 13.9. The Morgan fingerprint density at radius 2 is 1.55 bits per heavy atom. The van der Waals surface area contributed by atoms with E-state index in [1.54, 1.807) is 35.2 Å². The molecule has 9 heteroatoms. The van der Waals surface area contributed by atoms with Crippen LogP contribution in [0, 0.1) is 0 Å². The van der Waals surface area contributed by atoms with E-state index in [0.717, 1.165) is 41.3 Å². The highest BCUT2D eigenvalue weighted by Crippen LogP contribution is 2.22. The zero-order valence-electron chi connectivity index (χ0n) is 24.1. The molecule has 3 aromatic carbocycles. The molecule has 1 aliphatic carbocycles. The summed E-state index contributed by atoms with van der Waals surface area (Å²) in [5, 5.41) is 3.25. The molecule has 0 spiro atoms. The van der Waals surface area contributed by atoms with E-state index in [-0.39, 0.29) is 42.3 Å². The van der Waals surface area contributed by atoms with Crippen molar-refractivity contribution in [2.75, 3.05) is 13.6 Å². The quantitative estimate of drug-likeness (QED) is 0.247. The molecule has 3 aromatic rings. The van der Waals surface area contributed by atoms with Gasteiger partial charge in [0, 0.05) is 43.5 Å². The van der Waals surface area contributed by atoms with Gasteiger partial charge in [0.15, 0.2) is 0 Å². The van der Waals surface area contributed by atoms with Crippen molar-refractivity contribution in [2.45, 2.75) is 74.9 Å². The monoisotopic (exact) mass is 653 g/mol. The number of carbonyl (C=O) groups excluding carboxylic acids is 2. The number of benzene rings is 3. The largest absolute Gasteiger partial charge is 0.352 e. The van der Waals surface area contributed by atoms with E-state index < -0.39 is 16.1 Å². The van der Waals surface area contributed by atoms with Gasteiger partial charge in [0.2, 0.25) is 21.8 Å². The zero-order valence-corrected chi connectivity index (χ0v) is 26.5. The van der Waals surface area contributed by atoms with Crippen LogP contribution >= 0.6 is 15.9 Å². The van der Waals surface area contributed by atoms with Gasteiger partial charge < -0.3 is 10.2 Å². The van der Waals surface area contributed by atoms with Gasteiger partial charge in [0.05, 0.1) is 4.90 Å². The summed E-state index contributed by atoms with van der Waals surface area (Å²) in [5.41, 5.74) is 1.88. The molecule has 7 nitrogen and oxygen atoms in total. The van der Waals surface area contributed by atoms with Gasteiger partial charge in [-0.05, 0) is 54.7 Å². The van der Waals surface area contributed by atoms with Crippen LogP contribution in [0.2, 0.25) is 0 Å². The van der Waals surface area contributed by atoms with Crippen LogP contribution in [0.1, 0.15) is 56.1 Å². The fourth-order valence-corrected chi connectivity index (χ4v) is 7.10. The summed E-state index contributed by atoms with van der Waals surface area (Å²) in [6, 6.07) is 25.2. The van der Waals surface area contributed by atoms with Crippen LogP contribution in [0.3, 0.4) is 0 Å². The van der Waals surface area contributed by atoms with Crippen LogP contribution < -0.4 is 5.32 Å². The summed E-state index contributed by atoms with van der Waals surface area (Å²) >= 11 is 3.53. The number of sulfonamides is 1. The van der Waals surface area contributed by atoms with E-state index in [1.165, 1.54) is 17.8 Å². The number of carbonyl (C=O) groups is 2. The SMILES string of the molecule is CN(CCCC(=O)N(Cc1cccc(Br)c1)[C@H](Cc1ccccc1)C(=O)NC1CCCCC1)S(=O)(=O)c1ccccc1. The molecule has 2 amide bonds. The number of amides is 2. The second-order valence-electron chi connectivity index (χ2n) is 10.9. The zero-order chi connectivity index (χ0) is 30.0. The molecule has 1 fully saturated rings. The molecule has 42 heavy (non-hydrogen) atoms. The molecule has 0 aliphatic heterocycles. The van der Waals surface area contributed by atoms with Crippen molar-refractivity contribution >= 4 is 37.8 Å². The van der Waals surface area contributed by atoms with E-state index in [1.807, 2.05) is 54.6 Å². The first kappa shape index (κ1) is 31.9. The molecule has 1 atom stereocenters. The third kappa shape index (κ3) is 8.99. The highest BCUT2D eigenvalue weighted by atomic mass is 79.9. The maximum absolute atomic E-state index is 13.9. The summed E-state index contributed by atoms with van der Waals surface area (Å²) in [4.78, 5) is 29.7. The molecule has 0 aromatic heterocycles. The third-order valence-corrected chi connectivity index (χ3v) is 10.1. The van der Waals surface area contributed by atoms with Crippen molar-refractivity contribution < 1.29 is 18.0 Å². The Kier molecular flexibility index (Phi) is 11.7. The first-order chi connectivity index (χ1) is 20.2. The van der Waals surface area contributed by atoms with E-state index in [4.69, 9.17) is 0 Å². The molecule has 1 N–H and O–H groups in total. The molecule has 0 radical (unpaired) electrons. The minimum absolute atomic E-state index is 0.115. The Labute approximate surface area is 258 Å². The van der Waals surface area contributed by atoms with Crippen LogP contribution in [0.4, 0.5) is 0 Å². The summed E-state index contributed by atoms with van der Waals surface area (Å²) in [6.45, 7) is 0.456. The van der Waals surface area contributed by atoms with E-state index in [2.05, 4.69) is 21.2 Å². The number of rotatable bonds is 13. The molecule has 1 aliphatic rings. The molecule has 1 saturated carbocycles. The topological polar surface area (TPSA) is 86.8 Å². The molecular weight excluding hydrogens is 614 g/mol. The first-order valence-corrected chi connectivity index (χ1v) is 16.9. The molecule has 4 rings (SSSR count). The van der Waals surface area contributed by atoms with E-state index in [0.29, 0.717) is 12.8 Å². The third-order valence-electron chi connectivity index (χ3n) is 7.78. The predicted molar refractivity (Wildman–Crippen MR) is 169 cm³/mol. The lowest BCUT2D eigenvalue weighted by Crippen LogP contribution is -2.52. The summed E-state index contributed by atoms with van der Waals surface area (Å²) in [7, 11) is -2.13. The molecule has 224 valence electrons. The lowest BCUT2D eigenvalue weighted by Gasteiger charge is -2.33. The Morgan fingerprint density at radius 3 is 2.21 bits per heavy atom. The van der Waals surface area contributed by atoms with Crippen molar-refractivity contribution in [3.05, 3.63) is 101 Å². The molecule has 0 heterocycles. The Morgan fingerprint density at radius 1 is 0.905 bits per heavy atom. The van der Waals surface area contributed by atoms with Crippen LogP contribution in [-0.2, 0) is 32.6 Å². The highest BCUT2D eigenvalue weighted by molar-refractivity contribution is 9.10. The summed E-state index contributed by atoms with van der Waals surface area (Å²) < 4.78 is 28.1. The van der Waals surface area contributed by atoms with Crippen molar-refractivity contribution in [2.24, 2.45) is 0 Å². The normalized spacial score (nSPS) is 14.8. The van der Waals surface area contributed by atoms with Crippen LogP contribution in [0.25, 0.3) is 0 Å². The molecule has 0 saturated heterocycles. The second kappa shape index (κ2) is 15.5. The summed E-state index contributed by atoms with van der Waals surface area (Å²) in [6.07, 6.45) is 6.10. The highest BCUT2D eigenvalue weighted by Gasteiger charge is 2.32. The fourth-order valence-electron chi connectivity index (χ4n) is 5.42. The molecular formula is C33H40BrN3O4S. The number of halogens is 1. The number of hydrogen-bond acceptors (Lipinski definition) is 4. The average Bonchev–Trinajstić information content (AvgIpc) is 3.00. The van der Waals surface area contributed by atoms with E-state index >= 15 is 0 Å². The van der Waals surface area contributed by atoms with Gasteiger partial charge in [-0.25, -0.2) is 12.7 Å².